The molecule has 2 heterocycles. The Morgan fingerprint density at radius 3 is 2.60 bits per heavy atom. The molecule has 2 amide bonds. The van der Waals surface area contributed by atoms with Crippen molar-refractivity contribution in [2.75, 3.05) is 31.3 Å². The first kappa shape index (κ1) is 20.3. The molecule has 8 nitrogen and oxygen atoms in total. The molecule has 0 radical (unpaired) electrons. The van der Waals surface area contributed by atoms with E-state index in [9.17, 15) is 14.4 Å². The summed E-state index contributed by atoms with van der Waals surface area (Å²) in [5.74, 6) is 0.672. The van der Waals surface area contributed by atoms with Gasteiger partial charge in [0.05, 0.1) is 24.8 Å². The van der Waals surface area contributed by atoms with Crippen LogP contribution in [0.25, 0.3) is 0 Å². The minimum Gasteiger partial charge on any atom is -0.444 e. The molecular formula is C15H25N3O5S2. The summed E-state index contributed by atoms with van der Waals surface area (Å²) in [6, 6.07) is -1.02. The van der Waals surface area contributed by atoms with Gasteiger partial charge in [-0.05, 0) is 20.8 Å². The van der Waals surface area contributed by atoms with Gasteiger partial charge in [-0.1, -0.05) is 21.6 Å². The van der Waals surface area contributed by atoms with Gasteiger partial charge < -0.3 is 24.9 Å². The van der Waals surface area contributed by atoms with E-state index >= 15 is 0 Å². The number of hydrogen-bond acceptors (Lipinski definition) is 8. The molecule has 0 aliphatic carbocycles. The lowest BCUT2D eigenvalue weighted by atomic mass is 9.96. The Bertz CT molecular complexity index is 508. The highest BCUT2D eigenvalue weighted by Crippen LogP contribution is 2.25. The van der Waals surface area contributed by atoms with Gasteiger partial charge in [-0.3, -0.25) is 10.1 Å². The molecule has 25 heavy (non-hydrogen) atoms. The van der Waals surface area contributed by atoms with E-state index in [2.05, 4.69) is 16.0 Å². The second kappa shape index (κ2) is 8.61. The van der Waals surface area contributed by atoms with Gasteiger partial charge >= 0.3 is 6.09 Å². The van der Waals surface area contributed by atoms with E-state index in [1.807, 2.05) is 0 Å². The van der Waals surface area contributed by atoms with Crippen molar-refractivity contribution >= 4 is 39.9 Å². The molecule has 2 fully saturated rings. The molecule has 0 aromatic heterocycles. The quantitative estimate of drug-likeness (QED) is 0.456. The lowest BCUT2D eigenvalue weighted by Gasteiger charge is -2.43. The average molecular weight is 392 g/mol. The van der Waals surface area contributed by atoms with Crippen LogP contribution < -0.4 is 16.0 Å². The minimum absolute atomic E-state index is 0.281. The van der Waals surface area contributed by atoms with Crippen LogP contribution in [0.5, 0.6) is 0 Å². The van der Waals surface area contributed by atoms with Crippen molar-refractivity contribution in [2.45, 2.75) is 44.0 Å². The van der Waals surface area contributed by atoms with Crippen LogP contribution in [0.3, 0.4) is 0 Å². The highest BCUT2D eigenvalue weighted by molar-refractivity contribution is 8.76. The number of carbonyl (C=O) groups excluding carboxylic acids is 3. The Morgan fingerprint density at radius 2 is 2.04 bits per heavy atom. The van der Waals surface area contributed by atoms with Gasteiger partial charge in [0.2, 0.25) is 5.91 Å². The lowest BCUT2D eigenvalue weighted by molar-refractivity contribution is -0.125. The molecule has 3 N–H and O–H groups in total. The smallest absolute Gasteiger partial charge is 0.408 e. The van der Waals surface area contributed by atoms with E-state index in [0.29, 0.717) is 31.3 Å². The maximum Gasteiger partial charge on any atom is 0.408 e. The van der Waals surface area contributed by atoms with Gasteiger partial charge in [0, 0.05) is 18.1 Å². The number of alkyl carbamates (subject to hydrolysis) is 1. The van der Waals surface area contributed by atoms with E-state index in [0.717, 1.165) is 6.29 Å². The van der Waals surface area contributed by atoms with Gasteiger partial charge in [0.1, 0.15) is 17.9 Å². The number of rotatable bonds is 2. The molecule has 2 rings (SSSR count). The molecule has 0 saturated carbocycles. The van der Waals surface area contributed by atoms with E-state index in [4.69, 9.17) is 9.47 Å². The predicted octanol–water partition coefficient (Wildman–Crippen LogP) is 0.317. The normalized spacial score (nSPS) is 27.4. The zero-order chi connectivity index (χ0) is 18.5. The summed E-state index contributed by atoms with van der Waals surface area (Å²) < 4.78 is 10.5. The van der Waals surface area contributed by atoms with E-state index in [1.165, 1.54) is 21.6 Å². The molecule has 10 heteroatoms. The molecule has 2 atom stereocenters. The van der Waals surface area contributed by atoms with Gasteiger partial charge in [0.25, 0.3) is 0 Å². The van der Waals surface area contributed by atoms with Crippen LogP contribution in [0.1, 0.15) is 20.8 Å². The van der Waals surface area contributed by atoms with E-state index < -0.39 is 23.3 Å². The Hall–Kier alpha value is -0.970. The highest BCUT2D eigenvalue weighted by atomic mass is 33.1. The first-order valence-corrected chi connectivity index (χ1v) is 10.5. The fourth-order valence-corrected chi connectivity index (χ4v) is 4.64. The summed E-state index contributed by atoms with van der Waals surface area (Å²) in [6.45, 7) is 6.48. The standard InChI is InChI=1S/C15H25N3O5S2/c1-14(2,3)23-13(21)17-11-6-25-24-5-10(4-19)18-15(8-22-9-15)7-16-12(11)20/h4,10-11,18H,5-9H2,1-3H3,(H,16,20)(H,17,21)/t10?,11-/m0/s1. The second-order valence-corrected chi connectivity index (χ2v) is 9.70. The third-order valence-electron chi connectivity index (χ3n) is 3.59. The molecule has 0 bridgehead atoms. The Balaban J connectivity index is 2.01. The maximum absolute atomic E-state index is 12.5. The van der Waals surface area contributed by atoms with Crippen LogP contribution in [0, 0.1) is 0 Å². The maximum atomic E-state index is 12.5. The van der Waals surface area contributed by atoms with Gasteiger partial charge in [0.15, 0.2) is 0 Å². The molecular weight excluding hydrogens is 366 g/mol. The molecule has 0 aromatic carbocycles. The third-order valence-corrected chi connectivity index (χ3v) is 6.03. The van der Waals surface area contributed by atoms with Crippen LogP contribution in [0.4, 0.5) is 4.79 Å². The Kier molecular flexibility index (Phi) is 7.01. The zero-order valence-electron chi connectivity index (χ0n) is 14.6. The first-order chi connectivity index (χ1) is 11.7. The molecule has 142 valence electrons. The van der Waals surface area contributed by atoms with E-state index in [-0.39, 0.29) is 11.9 Å². The first-order valence-electron chi connectivity index (χ1n) is 8.05. The number of aldehydes is 1. The van der Waals surface area contributed by atoms with Crippen molar-refractivity contribution in [1.29, 1.82) is 0 Å². The predicted molar refractivity (Wildman–Crippen MR) is 97.6 cm³/mol. The van der Waals surface area contributed by atoms with Crippen LogP contribution in [-0.4, -0.2) is 72.8 Å². The number of amides is 2. The molecule has 0 aromatic rings. The van der Waals surface area contributed by atoms with Gasteiger partial charge in [-0.15, -0.1) is 0 Å². The van der Waals surface area contributed by atoms with Crippen LogP contribution in [0.15, 0.2) is 0 Å². The summed E-state index contributed by atoms with van der Waals surface area (Å²) in [4.78, 5) is 35.7. The number of ether oxygens (including phenoxy) is 2. The Labute approximate surface area is 155 Å². The summed E-state index contributed by atoms with van der Waals surface area (Å²) in [5.41, 5.74) is -1.07. The summed E-state index contributed by atoms with van der Waals surface area (Å²) in [5, 5.41) is 8.73. The number of nitrogens with one attached hydrogen (secondary N) is 3. The Morgan fingerprint density at radius 1 is 1.36 bits per heavy atom. The van der Waals surface area contributed by atoms with Crippen molar-refractivity contribution < 1.29 is 23.9 Å². The monoisotopic (exact) mass is 391 g/mol. The molecule has 2 aliphatic heterocycles. The topological polar surface area (TPSA) is 106 Å². The van der Waals surface area contributed by atoms with Crippen LogP contribution in [-0.2, 0) is 19.1 Å². The second-order valence-electron chi connectivity index (χ2n) is 7.15. The van der Waals surface area contributed by atoms with Crippen LogP contribution in [0.2, 0.25) is 0 Å². The summed E-state index contributed by atoms with van der Waals surface area (Å²) >= 11 is 0. The number of carbonyl (C=O) groups is 3. The fourth-order valence-electron chi connectivity index (χ4n) is 2.34. The van der Waals surface area contributed by atoms with Gasteiger partial charge in [-0.2, -0.15) is 0 Å². The molecule has 1 spiro atoms. The van der Waals surface area contributed by atoms with Crippen molar-refractivity contribution in [1.82, 2.24) is 16.0 Å². The van der Waals surface area contributed by atoms with Crippen molar-refractivity contribution in [3.63, 3.8) is 0 Å². The van der Waals surface area contributed by atoms with Crippen molar-refractivity contribution in [3.8, 4) is 0 Å². The SMILES string of the molecule is CC(C)(C)OC(=O)N[C@H]1CSSCC(C=O)NC2(CNC1=O)COC2. The minimum atomic E-state index is -0.710. The molecule has 2 aliphatic rings. The summed E-state index contributed by atoms with van der Waals surface area (Å²) in [7, 11) is 2.92. The third kappa shape index (κ3) is 6.36. The highest BCUT2D eigenvalue weighted by Gasteiger charge is 2.41. The van der Waals surface area contributed by atoms with Gasteiger partial charge in [-0.25, -0.2) is 4.79 Å². The van der Waals surface area contributed by atoms with Crippen LogP contribution >= 0.6 is 21.6 Å². The largest absolute Gasteiger partial charge is 0.444 e. The average Bonchev–Trinajstić information content (AvgIpc) is 2.50. The van der Waals surface area contributed by atoms with Crippen molar-refractivity contribution in [3.05, 3.63) is 0 Å². The molecule has 1 unspecified atom stereocenters. The fraction of sp³-hybridized carbons (Fsp3) is 0.800. The summed E-state index contributed by atoms with van der Waals surface area (Å²) in [6.07, 6.45) is 0.253. The van der Waals surface area contributed by atoms with Crippen molar-refractivity contribution in [2.24, 2.45) is 0 Å². The number of hydrogen-bond donors (Lipinski definition) is 3. The lowest BCUT2D eigenvalue weighted by Crippen LogP contribution is -2.69. The van der Waals surface area contributed by atoms with E-state index in [1.54, 1.807) is 20.8 Å². The molecule has 2 saturated heterocycles. The zero-order valence-corrected chi connectivity index (χ0v) is 16.3.